The van der Waals surface area contributed by atoms with E-state index in [2.05, 4.69) is 48.4 Å². The van der Waals surface area contributed by atoms with Crippen molar-refractivity contribution in [3.05, 3.63) is 51.5 Å². The van der Waals surface area contributed by atoms with Gasteiger partial charge in [0.25, 0.3) is 0 Å². The number of nitrogens with one attached hydrogen (secondary N) is 1. The van der Waals surface area contributed by atoms with Gasteiger partial charge in [-0.15, -0.1) is 11.3 Å². The number of aromatic nitrogens is 1. The van der Waals surface area contributed by atoms with Gasteiger partial charge in [-0.3, -0.25) is 0 Å². The highest BCUT2D eigenvalue weighted by atomic mass is 32.1. The lowest BCUT2D eigenvalue weighted by Gasteiger charge is -2.39. The minimum atomic E-state index is 0.0581. The molecule has 0 spiro atoms. The highest BCUT2D eigenvalue weighted by molar-refractivity contribution is 7.11. The van der Waals surface area contributed by atoms with Gasteiger partial charge in [0.05, 0.1) is 5.01 Å². The number of aryl methyl sites for hydroxylation is 2. The van der Waals surface area contributed by atoms with Crippen LogP contribution in [0.25, 0.3) is 0 Å². The molecule has 0 unspecified atom stereocenters. The number of carbonyl (C=O) groups excluding carboxylic acids is 1. The van der Waals surface area contributed by atoms with Crippen molar-refractivity contribution in [2.24, 2.45) is 5.92 Å². The van der Waals surface area contributed by atoms with Gasteiger partial charge in [0, 0.05) is 37.1 Å². The Morgan fingerprint density at radius 3 is 2.96 bits per heavy atom. The number of hydrogen-bond donors (Lipinski definition) is 1. The number of carbonyl (C=O) groups is 1. The third-order valence-electron chi connectivity index (χ3n) is 4.42. The van der Waals surface area contributed by atoms with Crippen LogP contribution in [0.1, 0.15) is 27.9 Å². The van der Waals surface area contributed by atoms with Crippen LogP contribution in [0.3, 0.4) is 0 Å². The van der Waals surface area contributed by atoms with Gasteiger partial charge < -0.3 is 10.2 Å². The van der Waals surface area contributed by atoms with Crippen LogP contribution in [0.4, 0.5) is 4.79 Å². The molecule has 0 radical (unpaired) electrons. The van der Waals surface area contributed by atoms with E-state index in [0.717, 1.165) is 37.4 Å². The van der Waals surface area contributed by atoms with Crippen LogP contribution in [0.15, 0.2) is 30.5 Å². The summed E-state index contributed by atoms with van der Waals surface area (Å²) >= 11 is 1.74. The predicted molar refractivity (Wildman–Crippen MR) is 98.5 cm³/mol. The average molecular weight is 343 g/mol. The molecule has 1 aliphatic rings. The maximum absolute atomic E-state index is 12.1. The van der Waals surface area contributed by atoms with Crippen LogP contribution in [0, 0.1) is 12.8 Å². The Bertz CT molecular complexity index is 691. The third-order valence-corrected chi connectivity index (χ3v) is 5.62. The van der Waals surface area contributed by atoms with E-state index in [0.29, 0.717) is 12.5 Å². The zero-order valence-corrected chi connectivity index (χ0v) is 15.2. The predicted octanol–water partition coefficient (Wildman–Crippen LogP) is 3.44. The van der Waals surface area contributed by atoms with Crippen LogP contribution in [0.2, 0.25) is 0 Å². The van der Waals surface area contributed by atoms with Gasteiger partial charge in [-0.25, -0.2) is 9.78 Å². The topological polar surface area (TPSA) is 45.2 Å². The summed E-state index contributed by atoms with van der Waals surface area (Å²) in [5.74, 6) is 0.587. The summed E-state index contributed by atoms with van der Waals surface area (Å²) < 4.78 is 0. The zero-order valence-electron chi connectivity index (χ0n) is 14.4. The molecule has 1 aliphatic heterocycles. The van der Waals surface area contributed by atoms with Crippen molar-refractivity contribution in [3.8, 4) is 0 Å². The Balaban J connectivity index is 1.35. The standard InChI is InChI=1S/C19H25N3OS/c1-3-17-11-21-18(24-17)7-8-20-19(23)22-12-16(13-22)10-15-6-4-5-14(2)9-15/h4-6,9,11,16H,3,7-8,10,12-13H2,1-2H3,(H,20,23). The first-order valence-electron chi connectivity index (χ1n) is 8.66. The van der Waals surface area contributed by atoms with E-state index < -0.39 is 0 Å². The van der Waals surface area contributed by atoms with Crippen molar-refractivity contribution < 1.29 is 4.79 Å². The summed E-state index contributed by atoms with van der Waals surface area (Å²) in [4.78, 5) is 19.7. The van der Waals surface area contributed by atoms with Crippen LogP contribution in [0.5, 0.6) is 0 Å². The fourth-order valence-corrected chi connectivity index (χ4v) is 3.91. The van der Waals surface area contributed by atoms with Gasteiger partial charge in [-0.1, -0.05) is 36.8 Å². The minimum Gasteiger partial charge on any atom is -0.338 e. The number of rotatable bonds is 6. The fourth-order valence-electron chi connectivity index (χ4n) is 3.05. The van der Waals surface area contributed by atoms with Gasteiger partial charge in [-0.05, 0) is 31.2 Å². The van der Waals surface area contributed by atoms with Gasteiger partial charge in [0.15, 0.2) is 0 Å². The number of urea groups is 1. The molecule has 2 amide bonds. The van der Waals surface area contributed by atoms with Crippen LogP contribution < -0.4 is 5.32 Å². The second-order valence-electron chi connectivity index (χ2n) is 6.52. The molecule has 2 heterocycles. The quantitative estimate of drug-likeness (QED) is 0.873. The van der Waals surface area contributed by atoms with E-state index in [4.69, 9.17) is 0 Å². The lowest BCUT2D eigenvalue weighted by molar-refractivity contribution is 0.121. The fraction of sp³-hybridized carbons (Fsp3) is 0.474. The van der Waals surface area contributed by atoms with E-state index in [-0.39, 0.29) is 6.03 Å². The molecule has 1 aromatic heterocycles. The Hall–Kier alpha value is -1.88. The lowest BCUT2D eigenvalue weighted by atomic mass is 9.92. The maximum atomic E-state index is 12.1. The molecule has 0 aliphatic carbocycles. The Kier molecular flexibility index (Phi) is 5.51. The van der Waals surface area contributed by atoms with E-state index in [1.165, 1.54) is 16.0 Å². The molecule has 1 N–H and O–H groups in total. The van der Waals surface area contributed by atoms with E-state index in [1.54, 1.807) is 11.3 Å². The molecule has 0 bridgehead atoms. The Morgan fingerprint density at radius 2 is 2.25 bits per heavy atom. The molecule has 1 aromatic carbocycles. The summed E-state index contributed by atoms with van der Waals surface area (Å²) in [5, 5.41) is 4.11. The smallest absolute Gasteiger partial charge is 0.317 e. The summed E-state index contributed by atoms with van der Waals surface area (Å²) in [7, 11) is 0. The van der Waals surface area contributed by atoms with Crippen LogP contribution in [-0.2, 0) is 19.3 Å². The highest BCUT2D eigenvalue weighted by Gasteiger charge is 2.30. The normalized spacial score (nSPS) is 14.5. The lowest BCUT2D eigenvalue weighted by Crippen LogP contribution is -2.54. The van der Waals surface area contributed by atoms with Crippen molar-refractivity contribution in [1.82, 2.24) is 15.2 Å². The SMILES string of the molecule is CCc1cnc(CCNC(=O)N2CC(Cc3cccc(C)c3)C2)s1. The summed E-state index contributed by atoms with van der Waals surface area (Å²) in [6, 6.07) is 8.70. The summed E-state index contributed by atoms with van der Waals surface area (Å²) in [6.45, 7) is 6.63. The second kappa shape index (κ2) is 7.79. The van der Waals surface area contributed by atoms with Crippen molar-refractivity contribution in [2.75, 3.05) is 19.6 Å². The number of benzene rings is 1. The van der Waals surface area contributed by atoms with E-state index >= 15 is 0 Å². The molecular weight excluding hydrogens is 318 g/mol. The molecule has 2 aromatic rings. The Labute approximate surface area is 147 Å². The molecular formula is C19H25N3OS. The molecule has 0 atom stereocenters. The van der Waals surface area contributed by atoms with Gasteiger partial charge in [0.1, 0.15) is 0 Å². The molecule has 1 fully saturated rings. The summed E-state index contributed by atoms with van der Waals surface area (Å²) in [5.41, 5.74) is 2.67. The summed E-state index contributed by atoms with van der Waals surface area (Å²) in [6.07, 6.45) is 4.84. The van der Waals surface area contributed by atoms with Gasteiger partial charge >= 0.3 is 6.03 Å². The molecule has 1 saturated heterocycles. The largest absolute Gasteiger partial charge is 0.338 e. The monoisotopic (exact) mass is 343 g/mol. The third kappa shape index (κ3) is 4.35. The van der Waals surface area contributed by atoms with Crippen molar-refractivity contribution in [2.45, 2.75) is 33.1 Å². The first-order chi connectivity index (χ1) is 11.6. The number of thiazole rings is 1. The van der Waals surface area contributed by atoms with Crippen molar-refractivity contribution in [3.63, 3.8) is 0 Å². The molecule has 0 saturated carbocycles. The number of amides is 2. The first kappa shape index (κ1) is 17.0. The molecule has 3 rings (SSSR count). The maximum Gasteiger partial charge on any atom is 0.317 e. The highest BCUT2D eigenvalue weighted by Crippen LogP contribution is 2.21. The molecule has 5 heteroatoms. The van der Waals surface area contributed by atoms with Gasteiger partial charge in [-0.2, -0.15) is 0 Å². The molecule has 128 valence electrons. The van der Waals surface area contributed by atoms with E-state index in [1.807, 2.05) is 11.1 Å². The van der Waals surface area contributed by atoms with Crippen LogP contribution >= 0.6 is 11.3 Å². The van der Waals surface area contributed by atoms with E-state index in [9.17, 15) is 4.79 Å². The van der Waals surface area contributed by atoms with Crippen molar-refractivity contribution >= 4 is 17.4 Å². The van der Waals surface area contributed by atoms with Crippen molar-refractivity contribution in [1.29, 1.82) is 0 Å². The minimum absolute atomic E-state index is 0.0581. The second-order valence-corrected chi connectivity index (χ2v) is 7.72. The van der Waals surface area contributed by atoms with Gasteiger partial charge in [0.2, 0.25) is 0 Å². The number of likely N-dealkylation sites (tertiary alicyclic amines) is 1. The number of hydrogen-bond acceptors (Lipinski definition) is 3. The Morgan fingerprint density at radius 1 is 1.42 bits per heavy atom. The average Bonchev–Trinajstić information content (AvgIpc) is 2.98. The number of nitrogens with zero attached hydrogens (tertiary/aromatic N) is 2. The molecule has 24 heavy (non-hydrogen) atoms. The zero-order chi connectivity index (χ0) is 16.9. The van der Waals surface area contributed by atoms with Crippen LogP contribution in [-0.4, -0.2) is 35.5 Å². The molecule has 4 nitrogen and oxygen atoms in total. The first-order valence-corrected chi connectivity index (χ1v) is 9.47.